The van der Waals surface area contributed by atoms with E-state index < -0.39 is 11.9 Å². The molecule has 1 rings (SSSR count). The quantitative estimate of drug-likeness (QED) is 0.667. The number of carboxylic acids is 1. The van der Waals surface area contributed by atoms with E-state index in [-0.39, 0.29) is 6.03 Å². The largest absolute Gasteiger partial charge is 0.481 e. The zero-order chi connectivity index (χ0) is 12.7. The SMILES string of the molecule is CC(CCNC(=O)NN1CCCCC1)C(=O)O. The third-order valence-electron chi connectivity index (χ3n) is 2.90. The number of carboxylic acid groups (broad SMARTS) is 1. The molecule has 1 unspecified atom stereocenters. The standard InChI is InChI=1S/C11H21N3O3/c1-9(10(15)16)5-6-12-11(17)13-14-7-3-2-4-8-14/h9H,2-8H2,1H3,(H,15,16)(H2,12,13,17). The number of piperidine rings is 1. The van der Waals surface area contributed by atoms with Crippen LogP contribution in [0.15, 0.2) is 0 Å². The van der Waals surface area contributed by atoms with E-state index in [9.17, 15) is 9.59 Å². The second kappa shape index (κ2) is 7.11. The molecule has 0 aromatic heterocycles. The van der Waals surface area contributed by atoms with E-state index in [1.165, 1.54) is 6.42 Å². The van der Waals surface area contributed by atoms with Crippen LogP contribution in [-0.4, -0.2) is 41.8 Å². The zero-order valence-corrected chi connectivity index (χ0v) is 10.2. The Bertz CT molecular complexity index is 265. The highest BCUT2D eigenvalue weighted by Crippen LogP contribution is 2.05. The molecule has 3 N–H and O–H groups in total. The van der Waals surface area contributed by atoms with Crippen molar-refractivity contribution in [3.8, 4) is 0 Å². The summed E-state index contributed by atoms with van der Waals surface area (Å²) in [6, 6.07) is -0.246. The van der Waals surface area contributed by atoms with E-state index in [4.69, 9.17) is 5.11 Å². The van der Waals surface area contributed by atoms with Crippen LogP contribution in [-0.2, 0) is 4.79 Å². The molecule has 0 aromatic rings. The van der Waals surface area contributed by atoms with Crippen molar-refractivity contribution in [2.45, 2.75) is 32.6 Å². The number of hydrogen-bond acceptors (Lipinski definition) is 3. The molecule has 0 saturated carbocycles. The molecule has 1 saturated heterocycles. The number of rotatable bonds is 5. The van der Waals surface area contributed by atoms with Crippen molar-refractivity contribution in [1.29, 1.82) is 0 Å². The minimum atomic E-state index is -0.830. The Balaban J connectivity index is 2.10. The minimum Gasteiger partial charge on any atom is -0.481 e. The first-order chi connectivity index (χ1) is 8.09. The topological polar surface area (TPSA) is 81.7 Å². The van der Waals surface area contributed by atoms with Crippen LogP contribution in [0.4, 0.5) is 4.79 Å². The van der Waals surface area contributed by atoms with Gasteiger partial charge in [0, 0.05) is 19.6 Å². The molecule has 1 aliphatic heterocycles. The number of nitrogens with zero attached hydrogens (tertiary/aromatic N) is 1. The van der Waals surface area contributed by atoms with E-state index in [0.717, 1.165) is 25.9 Å². The Morgan fingerprint density at radius 1 is 1.29 bits per heavy atom. The van der Waals surface area contributed by atoms with Crippen LogP contribution < -0.4 is 10.7 Å². The average molecular weight is 243 g/mol. The molecule has 0 radical (unpaired) electrons. The van der Waals surface area contributed by atoms with Crippen molar-refractivity contribution < 1.29 is 14.7 Å². The van der Waals surface area contributed by atoms with Crippen LogP contribution in [0, 0.1) is 5.92 Å². The lowest BCUT2D eigenvalue weighted by molar-refractivity contribution is -0.141. The number of carbonyl (C=O) groups excluding carboxylic acids is 1. The summed E-state index contributed by atoms with van der Waals surface area (Å²) in [4.78, 5) is 22.0. The van der Waals surface area contributed by atoms with Gasteiger partial charge in [-0.05, 0) is 19.3 Å². The fraction of sp³-hybridized carbons (Fsp3) is 0.818. The van der Waals surface area contributed by atoms with Crippen LogP contribution in [0.5, 0.6) is 0 Å². The van der Waals surface area contributed by atoms with E-state index in [0.29, 0.717) is 13.0 Å². The van der Waals surface area contributed by atoms with Gasteiger partial charge in [0.25, 0.3) is 0 Å². The summed E-state index contributed by atoms with van der Waals surface area (Å²) in [5.41, 5.74) is 2.76. The molecule has 0 aliphatic carbocycles. The van der Waals surface area contributed by atoms with Gasteiger partial charge in [-0.25, -0.2) is 9.80 Å². The van der Waals surface area contributed by atoms with Gasteiger partial charge >= 0.3 is 12.0 Å². The van der Waals surface area contributed by atoms with Gasteiger partial charge in [0.05, 0.1) is 5.92 Å². The first kappa shape index (κ1) is 13.8. The van der Waals surface area contributed by atoms with Gasteiger partial charge in [-0.3, -0.25) is 10.2 Å². The Morgan fingerprint density at radius 2 is 1.94 bits per heavy atom. The van der Waals surface area contributed by atoms with Gasteiger partial charge in [0.15, 0.2) is 0 Å². The number of carbonyl (C=O) groups is 2. The highest BCUT2D eigenvalue weighted by Gasteiger charge is 2.13. The third-order valence-corrected chi connectivity index (χ3v) is 2.90. The van der Waals surface area contributed by atoms with Crippen molar-refractivity contribution in [2.75, 3.05) is 19.6 Å². The van der Waals surface area contributed by atoms with Gasteiger partial charge < -0.3 is 10.4 Å². The van der Waals surface area contributed by atoms with Crippen LogP contribution in [0.3, 0.4) is 0 Å². The van der Waals surface area contributed by atoms with Crippen LogP contribution in [0.2, 0.25) is 0 Å². The number of hydrogen-bond donors (Lipinski definition) is 3. The number of nitrogens with one attached hydrogen (secondary N) is 2. The first-order valence-corrected chi connectivity index (χ1v) is 6.12. The smallest absolute Gasteiger partial charge is 0.329 e. The normalized spacial score (nSPS) is 18.4. The lowest BCUT2D eigenvalue weighted by Crippen LogP contribution is -2.49. The summed E-state index contributed by atoms with van der Waals surface area (Å²) in [6.07, 6.45) is 3.88. The highest BCUT2D eigenvalue weighted by atomic mass is 16.4. The minimum absolute atomic E-state index is 0.246. The van der Waals surface area contributed by atoms with Crippen LogP contribution >= 0.6 is 0 Å². The maximum Gasteiger partial charge on any atom is 0.329 e. The molecular weight excluding hydrogens is 222 g/mol. The molecule has 1 atom stereocenters. The molecule has 0 aromatic carbocycles. The van der Waals surface area contributed by atoms with Gasteiger partial charge in [0.2, 0.25) is 0 Å². The molecule has 6 nitrogen and oxygen atoms in total. The Morgan fingerprint density at radius 3 is 2.53 bits per heavy atom. The second-order valence-corrected chi connectivity index (χ2v) is 4.44. The summed E-state index contributed by atoms with van der Waals surface area (Å²) >= 11 is 0. The molecule has 1 fully saturated rings. The molecular formula is C11H21N3O3. The van der Waals surface area contributed by atoms with Crippen molar-refractivity contribution in [2.24, 2.45) is 5.92 Å². The number of aliphatic carboxylic acids is 1. The summed E-state index contributed by atoms with van der Waals surface area (Å²) in [5.74, 6) is -1.26. The Hall–Kier alpha value is -1.30. The van der Waals surface area contributed by atoms with Crippen molar-refractivity contribution in [3.63, 3.8) is 0 Å². The second-order valence-electron chi connectivity index (χ2n) is 4.44. The Labute approximate surface area is 101 Å². The molecule has 6 heteroatoms. The van der Waals surface area contributed by atoms with Crippen molar-refractivity contribution >= 4 is 12.0 Å². The molecule has 0 bridgehead atoms. The molecule has 98 valence electrons. The summed E-state index contributed by atoms with van der Waals surface area (Å²) in [5, 5.41) is 13.2. The van der Waals surface area contributed by atoms with E-state index in [2.05, 4.69) is 10.7 Å². The molecule has 0 spiro atoms. The fourth-order valence-electron chi connectivity index (χ4n) is 1.71. The maximum atomic E-state index is 11.5. The first-order valence-electron chi connectivity index (χ1n) is 6.12. The number of urea groups is 1. The van der Waals surface area contributed by atoms with Crippen LogP contribution in [0.1, 0.15) is 32.6 Å². The number of amides is 2. The lowest BCUT2D eigenvalue weighted by atomic mass is 10.1. The molecule has 17 heavy (non-hydrogen) atoms. The summed E-state index contributed by atoms with van der Waals surface area (Å²) in [6.45, 7) is 3.79. The van der Waals surface area contributed by atoms with Gasteiger partial charge in [0.1, 0.15) is 0 Å². The number of hydrazine groups is 1. The fourth-order valence-corrected chi connectivity index (χ4v) is 1.71. The zero-order valence-electron chi connectivity index (χ0n) is 10.2. The van der Waals surface area contributed by atoms with E-state index >= 15 is 0 Å². The predicted octanol–water partition coefficient (Wildman–Crippen LogP) is 0.797. The molecule has 2 amide bonds. The monoisotopic (exact) mass is 243 g/mol. The lowest BCUT2D eigenvalue weighted by Gasteiger charge is -2.26. The van der Waals surface area contributed by atoms with Gasteiger partial charge in [-0.15, -0.1) is 0 Å². The summed E-state index contributed by atoms with van der Waals surface area (Å²) < 4.78 is 0. The molecule has 1 heterocycles. The predicted molar refractivity (Wildman–Crippen MR) is 63.4 cm³/mol. The van der Waals surface area contributed by atoms with Gasteiger partial charge in [-0.2, -0.15) is 0 Å². The third kappa shape index (κ3) is 5.53. The van der Waals surface area contributed by atoms with E-state index in [1.807, 2.05) is 5.01 Å². The molecule has 1 aliphatic rings. The summed E-state index contributed by atoms with van der Waals surface area (Å²) in [7, 11) is 0. The van der Waals surface area contributed by atoms with Crippen molar-refractivity contribution in [1.82, 2.24) is 15.8 Å². The van der Waals surface area contributed by atoms with Crippen LogP contribution in [0.25, 0.3) is 0 Å². The maximum absolute atomic E-state index is 11.5. The Kier molecular flexibility index (Phi) is 5.76. The highest BCUT2D eigenvalue weighted by molar-refractivity contribution is 5.73. The van der Waals surface area contributed by atoms with Crippen molar-refractivity contribution in [3.05, 3.63) is 0 Å². The van der Waals surface area contributed by atoms with E-state index in [1.54, 1.807) is 6.92 Å². The van der Waals surface area contributed by atoms with Gasteiger partial charge in [-0.1, -0.05) is 13.3 Å². The average Bonchev–Trinajstić information content (AvgIpc) is 2.30.